The van der Waals surface area contributed by atoms with Gasteiger partial charge < -0.3 is 10.5 Å². The minimum Gasteiger partial charge on any atom is -0.363 e. The van der Waals surface area contributed by atoms with Crippen molar-refractivity contribution >= 4 is 10.0 Å². The predicted molar refractivity (Wildman–Crippen MR) is 72.9 cm³/mol. The second kappa shape index (κ2) is 6.47. The number of hydrogen-bond acceptors (Lipinski definition) is 6. The highest BCUT2D eigenvalue weighted by Crippen LogP contribution is 2.23. The van der Waals surface area contributed by atoms with Crippen LogP contribution in [-0.2, 0) is 14.8 Å². The van der Waals surface area contributed by atoms with Gasteiger partial charge in [-0.25, -0.2) is 8.42 Å². The first-order valence-electron chi connectivity index (χ1n) is 6.79. The zero-order chi connectivity index (χ0) is 13.9. The molecule has 1 saturated heterocycles. The van der Waals surface area contributed by atoms with Gasteiger partial charge in [0.15, 0.2) is 0 Å². The maximum absolute atomic E-state index is 12.3. The van der Waals surface area contributed by atoms with Crippen LogP contribution in [-0.4, -0.2) is 52.3 Å². The highest BCUT2D eigenvalue weighted by atomic mass is 32.2. The van der Waals surface area contributed by atoms with E-state index in [0.717, 1.165) is 19.4 Å². The number of sulfonamides is 1. The van der Waals surface area contributed by atoms with E-state index in [2.05, 4.69) is 15.4 Å². The van der Waals surface area contributed by atoms with Gasteiger partial charge in [-0.2, -0.15) is 4.72 Å². The lowest BCUT2D eigenvalue weighted by molar-refractivity contribution is 0.0242. The molecule has 0 aromatic rings. The molecule has 1 heterocycles. The maximum Gasteiger partial charge on any atom is 0.215 e. The van der Waals surface area contributed by atoms with E-state index in [9.17, 15) is 8.42 Å². The molecule has 112 valence electrons. The van der Waals surface area contributed by atoms with Crippen molar-refractivity contribution in [1.82, 2.24) is 15.4 Å². The summed E-state index contributed by atoms with van der Waals surface area (Å²) in [6, 6.07) is 0.146. The molecule has 7 nitrogen and oxygen atoms in total. The highest BCUT2D eigenvalue weighted by molar-refractivity contribution is 7.90. The first-order chi connectivity index (χ1) is 9.03. The lowest BCUT2D eigenvalue weighted by Crippen LogP contribution is -2.64. The third kappa shape index (κ3) is 3.87. The highest BCUT2D eigenvalue weighted by Gasteiger charge is 2.34. The minimum atomic E-state index is -3.34. The van der Waals surface area contributed by atoms with Gasteiger partial charge in [0.2, 0.25) is 10.0 Å². The van der Waals surface area contributed by atoms with E-state index >= 15 is 0 Å². The molecule has 0 aromatic heterocycles. The summed E-state index contributed by atoms with van der Waals surface area (Å²) in [5, 5.41) is 5.90. The Hall–Kier alpha value is -0.250. The van der Waals surface area contributed by atoms with Crippen molar-refractivity contribution in [3.63, 3.8) is 0 Å². The third-order valence-corrected chi connectivity index (χ3v) is 5.77. The quantitative estimate of drug-likeness (QED) is 0.511. The average molecular weight is 292 g/mol. The minimum absolute atomic E-state index is 0.146. The summed E-state index contributed by atoms with van der Waals surface area (Å²) in [4.78, 5) is 0. The summed E-state index contributed by atoms with van der Waals surface area (Å²) in [7, 11) is -1.78. The van der Waals surface area contributed by atoms with Crippen LogP contribution in [0, 0.1) is 0 Å². The fourth-order valence-electron chi connectivity index (χ4n) is 2.66. The van der Waals surface area contributed by atoms with Crippen LogP contribution >= 0.6 is 0 Å². The van der Waals surface area contributed by atoms with Crippen molar-refractivity contribution in [2.45, 2.75) is 49.4 Å². The van der Waals surface area contributed by atoms with Crippen molar-refractivity contribution in [3.8, 4) is 0 Å². The molecule has 0 bridgehead atoms. The largest absolute Gasteiger partial charge is 0.363 e. The normalized spacial score (nSPS) is 37.2. The van der Waals surface area contributed by atoms with Crippen molar-refractivity contribution < 1.29 is 13.2 Å². The Morgan fingerprint density at radius 3 is 2.42 bits per heavy atom. The Balaban J connectivity index is 1.96. The molecule has 1 saturated carbocycles. The first kappa shape index (κ1) is 15.1. The number of ether oxygens (including phenoxy) is 1. The van der Waals surface area contributed by atoms with Gasteiger partial charge in [0, 0.05) is 26.2 Å². The van der Waals surface area contributed by atoms with Crippen molar-refractivity contribution in [2.75, 3.05) is 20.2 Å². The summed E-state index contributed by atoms with van der Waals surface area (Å²) < 4.78 is 32.6. The second-order valence-electron chi connectivity index (χ2n) is 5.24. The maximum atomic E-state index is 12.3. The molecular formula is C11H24N4O3S. The van der Waals surface area contributed by atoms with Gasteiger partial charge in [0.25, 0.3) is 0 Å². The zero-order valence-corrected chi connectivity index (χ0v) is 12.1. The van der Waals surface area contributed by atoms with Crippen LogP contribution < -0.4 is 21.1 Å². The van der Waals surface area contributed by atoms with E-state index < -0.39 is 16.2 Å². The van der Waals surface area contributed by atoms with Crippen LogP contribution in [0.5, 0.6) is 0 Å². The van der Waals surface area contributed by atoms with Crippen molar-refractivity contribution in [1.29, 1.82) is 0 Å². The zero-order valence-electron chi connectivity index (χ0n) is 11.3. The van der Waals surface area contributed by atoms with E-state index in [-0.39, 0.29) is 17.5 Å². The van der Waals surface area contributed by atoms with Gasteiger partial charge in [-0.05, 0) is 25.7 Å². The summed E-state index contributed by atoms with van der Waals surface area (Å²) >= 11 is 0. The lowest BCUT2D eigenvalue weighted by Gasteiger charge is -2.34. The van der Waals surface area contributed by atoms with Gasteiger partial charge >= 0.3 is 0 Å². The van der Waals surface area contributed by atoms with Crippen LogP contribution in [0.2, 0.25) is 0 Å². The Morgan fingerprint density at radius 1 is 1.16 bits per heavy atom. The van der Waals surface area contributed by atoms with E-state index in [0.29, 0.717) is 19.4 Å². The number of methoxy groups -OCH3 is 1. The molecule has 2 aliphatic rings. The standard InChI is InChI=1S/C11H24N4O3S/c1-18-11-10(13-6-7-14-11)15-19(16,17)9-4-2-8(12)3-5-9/h8-11,13-15H,2-7,12H2,1H3. The fourth-order valence-corrected chi connectivity index (χ4v) is 4.31. The molecule has 8 heteroatoms. The number of rotatable bonds is 4. The first-order valence-corrected chi connectivity index (χ1v) is 8.34. The molecule has 2 fully saturated rings. The SMILES string of the molecule is COC1NCCNC1NS(=O)(=O)C1CCC(N)CC1. The predicted octanol–water partition coefficient (Wildman–Crippen LogP) is -1.33. The Kier molecular flexibility index (Phi) is 5.15. The second-order valence-corrected chi connectivity index (χ2v) is 7.23. The molecule has 1 aliphatic heterocycles. The van der Waals surface area contributed by atoms with Gasteiger partial charge in [0.1, 0.15) is 12.4 Å². The van der Waals surface area contributed by atoms with Crippen LogP contribution in [0.25, 0.3) is 0 Å². The van der Waals surface area contributed by atoms with Crippen LogP contribution in [0.4, 0.5) is 0 Å². The molecule has 0 aromatic carbocycles. The fraction of sp³-hybridized carbons (Fsp3) is 1.00. The van der Waals surface area contributed by atoms with E-state index in [1.54, 1.807) is 7.11 Å². The summed E-state index contributed by atoms with van der Waals surface area (Å²) in [5.41, 5.74) is 5.81. The van der Waals surface area contributed by atoms with E-state index in [1.807, 2.05) is 0 Å². The summed E-state index contributed by atoms with van der Waals surface area (Å²) in [5.74, 6) is 0. The number of nitrogens with one attached hydrogen (secondary N) is 3. The van der Waals surface area contributed by atoms with Crippen molar-refractivity contribution in [2.24, 2.45) is 5.73 Å². The smallest absolute Gasteiger partial charge is 0.215 e. The molecule has 0 spiro atoms. The third-order valence-electron chi connectivity index (χ3n) is 3.84. The number of hydrogen-bond donors (Lipinski definition) is 4. The summed E-state index contributed by atoms with van der Waals surface area (Å²) in [6.07, 6.45) is 2.06. The molecule has 5 N–H and O–H groups in total. The Labute approximate surface area is 114 Å². The van der Waals surface area contributed by atoms with Gasteiger partial charge in [-0.15, -0.1) is 0 Å². The van der Waals surface area contributed by atoms with Gasteiger partial charge in [0.05, 0.1) is 5.25 Å². The lowest BCUT2D eigenvalue weighted by atomic mass is 9.96. The Morgan fingerprint density at radius 2 is 1.79 bits per heavy atom. The average Bonchev–Trinajstić information content (AvgIpc) is 2.39. The molecular weight excluding hydrogens is 268 g/mol. The van der Waals surface area contributed by atoms with Crippen LogP contribution in [0.1, 0.15) is 25.7 Å². The molecule has 2 rings (SSSR count). The van der Waals surface area contributed by atoms with Gasteiger partial charge in [-0.1, -0.05) is 0 Å². The number of nitrogens with two attached hydrogens (primary N) is 1. The summed E-state index contributed by atoms with van der Waals surface area (Å²) in [6.45, 7) is 1.47. The van der Waals surface area contributed by atoms with E-state index in [1.165, 1.54) is 0 Å². The number of piperazine rings is 1. The molecule has 2 unspecified atom stereocenters. The molecule has 0 radical (unpaired) electrons. The molecule has 2 atom stereocenters. The molecule has 1 aliphatic carbocycles. The van der Waals surface area contributed by atoms with Crippen LogP contribution in [0.3, 0.4) is 0 Å². The van der Waals surface area contributed by atoms with E-state index in [4.69, 9.17) is 10.5 Å². The van der Waals surface area contributed by atoms with Crippen LogP contribution in [0.15, 0.2) is 0 Å². The van der Waals surface area contributed by atoms with Gasteiger partial charge in [-0.3, -0.25) is 10.6 Å². The van der Waals surface area contributed by atoms with Crippen molar-refractivity contribution in [3.05, 3.63) is 0 Å². The Bertz CT molecular complexity index is 381. The molecule has 19 heavy (non-hydrogen) atoms. The molecule has 0 amide bonds. The monoisotopic (exact) mass is 292 g/mol. The topological polar surface area (TPSA) is 105 Å².